The molecular weight excluding hydrogens is 266 g/mol. The minimum Gasteiger partial charge on any atom is -0.481 e. The fraction of sp³-hybridized carbons (Fsp3) is 0.750. The van der Waals surface area contributed by atoms with Gasteiger partial charge in [-0.05, 0) is 13.3 Å². The molecule has 7 heteroatoms. The van der Waals surface area contributed by atoms with Crippen LogP contribution in [-0.4, -0.2) is 44.3 Å². The second kappa shape index (κ2) is 5.92. The van der Waals surface area contributed by atoms with E-state index < -0.39 is 5.97 Å². The molecule has 1 aromatic rings. The Bertz CT molecular complexity index is 461. The summed E-state index contributed by atoms with van der Waals surface area (Å²) >= 11 is 1.22. The average molecular weight is 285 g/mol. The van der Waals surface area contributed by atoms with E-state index in [0.717, 1.165) is 18.9 Å². The minimum atomic E-state index is -0.846. The van der Waals surface area contributed by atoms with Crippen LogP contribution in [0.15, 0.2) is 5.16 Å². The number of ether oxygens (including phenoxy) is 1. The van der Waals surface area contributed by atoms with Crippen LogP contribution in [0.4, 0.5) is 0 Å². The van der Waals surface area contributed by atoms with E-state index in [4.69, 9.17) is 9.84 Å². The van der Waals surface area contributed by atoms with Gasteiger partial charge in [0.15, 0.2) is 5.16 Å². The van der Waals surface area contributed by atoms with Crippen LogP contribution < -0.4 is 0 Å². The molecular formula is C12H19N3O3S. The molecule has 0 aliphatic carbocycles. The highest BCUT2D eigenvalue weighted by Crippen LogP contribution is 2.33. The lowest BCUT2D eigenvalue weighted by molar-refractivity contribution is -0.133. The summed E-state index contributed by atoms with van der Waals surface area (Å²) in [6, 6.07) is 0.198. The van der Waals surface area contributed by atoms with Gasteiger partial charge in [0.2, 0.25) is 0 Å². The Hall–Kier alpha value is -1.08. The summed E-state index contributed by atoms with van der Waals surface area (Å²) in [5.41, 5.74) is 0. The van der Waals surface area contributed by atoms with Crippen molar-refractivity contribution in [3.63, 3.8) is 0 Å². The average Bonchev–Trinajstić information content (AvgIpc) is 2.91. The molecule has 1 aliphatic heterocycles. The van der Waals surface area contributed by atoms with E-state index in [0.29, 0.717) is 5.16 Å². The van der Waals surface area contributed by atoms with Crippen molar-refractivity contribution in [1.82, 2.24) is 14.8 Å². The zero-order valence-electron chi connectivity index (χ0n) is 11.4. The monoisotopic (exact) mass is 285 g/mol. The summed E-state index contributed by atoms with van der Waals surface area (Å²) in [5, 5.41) is 17.8. The molecule has 0 amide bonds. The van der Waals surface area contributed by atoms with Gasteiger partial charge >= 0.3 is 5.97 Å². The third-order valence-corrected chi connectivity index (χ3v) is 4.13. The van der Waals surface area contributed by atoms with Gasteiger partial charge in [-0.1, -0.05) is 25.6 Å². The lowest BCUT2D eigenvalue weighted by atomic mass is 10.1. The molecule has 106 valence electrons. The van der Waals surface area contributed by atoms with Crippen LogP contribution in [0.25, 0.3) is 0 Å². The van der Waals surface area contributed by atoms with Crippen molar-refractivity contribution < 1.29 is 14.6 Å². The topological polar surface area (TPSA) is 77.2 Å². The molecule has 1 fully saturated rings. The van der Waals surface area contributed by atoms with Crippen LogP contribution in [-0.2, 0) is 9.53 Å². The van der Waals surface area contributed by atoms with Crippen LogP contribution in [0.5, 0.6) is 0 Å². The van der Waals surface area contributed by atoms with E-state index in [1.165, 1.54) is 11.8 Å². The smallest absolute Gasteiger partial charge is 0.313 e. The number of aliphatic carboxylic acids is 1. The number of thioether (sulfide) groups is 1. The fourth-order valence-corrected chi connectivity index (χ4v) is 3.00. The van der Waals surface area contributed by atoms with Gasteiger partial charge in [-0.15, -0.1) is 10.2 Å². The van der Waals surface area contributed by atoms with Gasteiger partial charge in [0, 0.05) is 12.5 Å². The van der Waals surface area contributed by atoms with E-state index in [-0.39, 0.29) is 23.8 Å². The Morgan fingerprint density at radius 3 is 2.84 bits per heavy atom. The van der Waals surface area contributed by atoms with E-state index in [2.05, 4.69) is 28.6 Å². The molecule has 2 rings (SSSR count). The number of aromatic nitrogens is 3. The summed E-state index contributed by atoms with van der Waals surface area (Å²) in [4.78, 5) is 10.7. The maximum Gasteiger partial charge on any atom is 0.313 e. The predicted octanol–water partition coefficient (Wildman–Crippen LogP) is 1.93. The Kier molecular flexibility index (Phi) is 4.46. The van der Waals surface area contributed by atoms with Crippen LogP contribution in [0.3, 0.4) is 0 Å². The van der Waals surface area contributed by atoms with Gasteiger partial charge in [0.25, 0.3) is 0 Å². The molecule has 2 unspecified atom stereocenters. The molecule has 19 heavy (non-hydrogen) atoms. The van der Waals surface area contributed by atoms with Gasteiger partial charge < -0.3 is 9.84 Å². The van der Waals surface area contributed by atoms with Gasteiger partial charge in [-0.3, -0.25) is 9.36 Å². The van der Waals surface area contributed by atoms with E-state index in [1.807, 2.05) is 6.92 Å². The molecule has 6 nitrogen and oxygen atoms in total. The van der Waals surface area contributed by atoms with E-state index in [1.54, 1.807) is 0 Å². The molecule has 0 spiro atoms. The molecule has 1 N–H and O–H groups in total. The van der Waals surface area contributed by atoms with Crippen molar-refractivity contribution in [3.8, 4) is 0 Å². The Labute approximate surface area is 116 Å². The van der Waals surface area contributed by atoms with Crippen LogP contribution in [0.1, 0.15) is 45.0 Å². The van der Waals surface area contributed by atoms with Crippen LogP contribution >= 0.6 is 11.8 Å². The van der Waals surface area contributed by atoms with Crippen molar-refractivity contribution in [3.05, 3.63) is 5.82 Å². The first-order chi connectivity index (χ1) is 9.00. The number of hydrogen-bond donors (Lipinski definition) is 1. The number of carboxylic acids is 1. The normalized spacial score (nSPS) is 23.2. The van der Waals surface area contributed by atoms with Crippen molar-refractivity contribution in [1.29, 1.82) is 0 Å². The lowest BCUT2D eigenvalue weighted by Gasteiger charge is -2.21. The van der Waals surface area contributed by atoms with E-state index >= 15 is 0 Å². The highest BCUT2D eigenvalue weighted by atomic mass is 32.2. The SMILES string of the molecule is CC(C)c1nnc(SCC(=O)O)n1C1CCOC1C. The number of carboxylic acid groups (broad SMARTS) is 1. The summed E-state index contributed by atoms with van der Waals surface area (Å²) in [5.74, 6) is 0.300. The van der Waals surface area contributed by atoms with E-state index in [9.17, 15) is 4.79 Å². The quantitative estimate of drug-likeness (QED) is 0.833. The number of rotatable bonds is 5. The number of nitrogens with zero attached hydrogens (tertiary/aromatic N) is 3. The molecule has 2 atom stereocenters. The first kappa shape index (κ1) is 14.3. The van der Waals surface area contributed by atoms with Gasteiger partial charge in [0.05, 0.1) is 17.9 Å². The summed E-state index contributed by atoms with van der Waals surface area (Å²) in [6.45, 7) is 6.89. The Morgan fingerprint density at radius 1 is 1.58 bits per heavy atom. The molecule has 2 heterocycles. The molecule has 1 aromatic heterocycles. The van der Waals surface area contributed by atoms with Crippen molar-refractivity contribution in [2.45, 2.75) is 50.4 Å². The van der Waals surface area contributed by atoms with Crippen molar-refractivity contribution in [2.75, 3.05) is 12.4 Å². The number of carbonyl (C=O) groups is 1. The van der Waals surface area contributed by atoms with Gasteiger partial charge in [-0.25, -0.2) is 0 Å². The molecule has 0 bridgehead atoms. The zero-order chi connectivity index (χ0) is 14.0. The van der Waals surface area contributed by atoms with Crippen molar-refractivity contribution >= 4 is 17.7 Å². The van der Waals surface area contributed by atoms with Gasteiger partial charge in [-0.2, -0.15) is 0 Å². The lowest BCUT2D eigenvalue weighted by Crippen LogP contribution is -2.20. The first-order valence-corrected chi connectivity index (χ1v) is 7.40. The summed E-state index contributed by atoms with van der Waals surface area (Å²) < 4.78 is 7.67. The Balaban J connectivity index is 2.30. The highest BCUT2D eigenvalue weighted by Gasteiger charge is 2.31. The largest absolute Gasteiger partial charge is 0.481 e. The molecule has 0 radical (unpaired) electrons. The first-order valence-electron chi connectivity index (χ1n) is 6.41. The minimum absolute atomic E-state index is 0.00180. The van der Waals surface area contributed by atoms with Crippen molar-refractivity contribution in [2.24, 2.45) is 0 Å². The molecule has 1 saturated heterocycles. The predicted molar refractivity (Wildman–Crippen MR) is 71.5 cm³/mol. The van der Waals surface area contributed by atoms with Crippen LogP contribution in [0.2, 0.25) is 0 Å². The summed E-state index contributed by atoms with van der Waals surface area (Å²) in [6.07, 6.45) is 1.03. The standard InChI is InChI=1S/C12H19N3O3S/c1-7(2)11-13-14-12(19-6-10(16)17)15(11)9-4-5-18-8(9)3/h7-9H,4-6H2,1-3H3,(H,16,17). The van der Waals surface area contributed by atoms with Crippen LogP contribution in [0, 0.1) is 0 Å². The molecule has 0 aromatic carbocycles. The molecule has 0 saturated carbocycles. The fourth-order valence-electron chi connectivity index (χ4n) is 2.28. The summed E-state index contributed by atoms with van der Waals surface area (Å²) in [7, 11) is 0. The third-order valence-electron chi connectivity index (χ3n) is 3.20. The number of hydrogen-bond acceptors (Lipinski definition) is 5. The zero-order valence-corrected chi connectivity index (χ0v) is 12.2. The molecule has 1 aliphatic rings. The highest BCUT2D eigenvalue weighted by molar-refractivity contribution is 7.99. The second-order valence-electron chi connectivity index (χ2n) is 4.98. The maximum atomic E-state index is 10.7. The second-order valence-corrected chi connectivity index (χ2v) is 5.92. The maximum absolute atomic E-state index is 10.7. The Morgan fingerprint density at radius 2 is 2.32 bits per heavy atom. The third kappa shape index (κ3) is 3.09. The van der Waals surface area contributed by atoms with Gasteiger partial charge in [0.1, 0.15) is 5.82 Å².